The Balaban J connectivity index is 2.36. The number of carbonyl (C=O) groups is 2. The van der Waals surface area contributed by atoms with Crippen LogP contribution in [0.15, 0.2) is 40.0 Å². The number of allylic oxidation sites excluding steroid dienone is 1. The van der Waals surface area contributed by atoms with Crippen molar-refractivity contribution in [1.82, 2.24) is 5.32 Å². The van der Waals surface area contributed by atoms with Crippen molar-refractivity contribution in [2.75, 3.05) is 0 Å². The molecule has 22 heavy (non-hydrogen) atoms. The Hall–Kier alpha value is -1.62. The van der Waals surface area contributed by atoms with E-state index in [4.69, 9.17) is 4.74 Å². The highest BCUT2D eigenvalue weighted by Crippen LogP contribution is 2.34. The summed E-state index contributed by atoms with van der Waals surface area (Å²) in [4.78, 5) is 24.4. The molecule has 1 N–H and O–H groups in total. The molecule has 2 atom stereocenters. The van der Waals surface area contributed by atoms with Crippen LogP contribution in [0.2, 0.25) is 0 Å². The zero-order valence-electron chi connectivity index (χ0n) is 13.0. The monoisotopic (exact) mass is 365 g/mol. The minimum Gasteiger partial charge on any atom is -0.459 e. The van der Waals surface area contributed by atoms with Gasteiger partial charge < -0.3 is 10.1 Å². The Morgan fingerprint density at radius 1 is 1.41 bits per heavy atom. The van der Waals surface area contributed by atoms with Gasteiger partial charge >= 0.3 is 5.97 Å². The van der Waals surface area contributed by atoms with Crippen LogP contribution < -0.4 is 5.32 Å². The summed E-state index contributed by atoms with van der Waals surface area (Å²) in [5.41, 5.74) is 2.06. The zero-order valence-corrected chi connectivity index (χ0v) is 14.6. The first-order valence-corrected chi connectivity index (χ1v) is 8.18. The van der Waals surface area contributed by atoms with Crippen molar-refractivity contribution in [3.8, 4) is 0 Å². The SMILES string of the molecule is CC[C@H](C)OC(=O)C1=C(C)NC(=O)C[C@@H]1c1ccc(Br)cc1. The standard InChI is InChI=1S/C17H20BrNO3/c1-4-10(2)22-17(21)16-11(3)19-15(20)9-14(16)12-5-7-13(18)8-6-12/h5-8,10,14H,4,9H2,1-3H3,(H,19,20)/t10-,14+/m0/s1. The van der Waals surface area contributed by atoms with E-state index in [-0.39, 0.29) is 30.3 Å². The van der Waals surface area contributed by atoms with Gasteiger partial charge in [0.15, 0.2) is 0 Å². The molecule has 0 fully saturated rings. The topological polar surface area (TPSA) is 55.4 Å². The van der Waals surface area contributed by atoms with Crippen LogP contribution in [0.3, 0.4) is 0 Å². The molecule has 0 unspecified atom stereocenters. The van der Waals surface area contributed by atoms with E-state index in [1.165, 1.54) is 0 Å². The molecule has 1 aromatic rings. The molecule has 0 spiro atoms. The first-order chi connectivity index (χ1) is 10.4. The second kappa shape index (κ2) is 7.09. The Morgan fingerprint density at radius 2 is 2.05 bits per heavy atom. The number of rotatable bonds is 4. The summed E-state index contributed by atoms with van der Waals surface area (Å²) in [6.07, 6.45) is 0.869. The van der Waals surface area contributed by atoms with Crippen molar-refractivity contribution in [1.29, 1.82) is 0 Å². The number of esters is 1. The van der Waals surface area contributed by atoms with Gasteiger partial charge in [0.2, 0.25) is 5.91 Å². The molecule has 0 radical (unpaired) electrons. The molecule has 1 aromatic carbocycles. The lowest BCUT2D eigenvalue weighted by Gasteiger charge is -2.27. The van der Waals surface area contributed by atoms with Crippen molar-refractivity contribution in [2.45, 2.75) is 45.6 Å². The van der Waals surface area contributed by atoms with Crippen LogP contribution >= 0.6 is 15.9 Å². The molecule has 1 aliphatic rings. The van der Waals surface area contributed by atoms with E-state index >= 15 is 0 Å². The minimum atomic E-state index is -0.347. The van der Waals surface area contributed by atoms with Crippen molar-refractivity contribution >= 4 is 27.8 Å². The van der Waals surface area contributed by atoms with E-state index in [1.807, 2.05) is 38.1 Å². The van der Waals surface area contributed by atoms with E-state index in [2.05, 4.69) is 21.2 Å². The van der Waals surface area contributed by atoms with E-state index in [9.17, 15) is 9.59 Å². The van der Waals surface area contributed by atoms with Gasteiger partial charge in [-0.05, 0) is 38.0 Å². The molecular weight excluding hydrogens is 346 g/mol. The summed E-state index contributed by atoms with van der Waals surface area (Å²) < 4.78 is 6.42. The average molecular weight is 366 g/mol. The van der Waals surface area contributed by atoms with E-state index in [0.29, 0.717) is 11.3 Å². The second-order valence-electron chi connectivity index (χ2n) is 5.52. The Labute approximate surface area is 139 Å². The smallest absolute Gasteiger partial charge is 0.336 e. The second-order valence-corrected chi connectivity index (χ2v) is 6.43. The van der Waals surface area contributed by atoms with Gasteiger partial charge in [0.1, 0.15) is 0 Å². The van der Waals surface area contributed by atoms with Gasteiger partial charge in [-0.1, -0.05) is 35.0 Å². The maximum Gasteiger partial charge on any atom is 0.336 e. The lowest BCUT2D eigenvalue weighted by atomic mass is 9.84. The number of halogens is 1. The van der Waals surface area contributed by atoms with E-state index in [1.54, 1.807) is 6.92 Å². The molecule has 1 aliphatic heterocycles. The van der Waals surface area contributed by atoms with Crippen molar-refractivity contribution in [2.24, 2.45) is 0 Å². The summed E-state index contributed by atoms with van der Waals surface area (Å²) in [5.74, 6) is -0.691. The highest BCUT2D eigenvalue weighted by atomic mass is 79.9. The molecule has 0 aromatic heterocycles. The van der Waals surface area contributed by atoms with Crippen LogP contribution in [0.25, 0.3) is 0 Å². The lowest BCUT2D eigenvalue weighted by Crippen LogP contribution is -2.34. The van der Waals surface area contributed by atoms with Crippen LogP contribution in [-0.4, -0.2) is 18.0 Å². The predicted octanol–water partition coefficient (Wildman–Crippen LogP) is 3.67. The van der Waals surface area contributed by atoms with Crippen LogP contribution in [0, 0.1) is 0 Å². The van der Waals surface area contributed by atoms with Gasteiger partial charge in [-0.3, -0.25) is 4.79 Å². The average Bonchev–Trinajstić information content (AvgIpc) is 2.46. The highest BCUT2D eigenvalue weighted by molar-refractivity contribution is 9.10. The van der Waals surface area contributed by atoms with Gasteiger partial charge in [0.25, 0.3) is 0 Å². The largest absolute Gasteiger partial charge is 0.459 e. The zero-order chi connectivity index (χ0) is 16.3. The number of ether oxygens (including phenoxy) is 1. The molecule has 118 valence electrons. The number of hydrogen-bond acceptors (Lipinski definition) is 3. The van der Waals surface area contributed by atoms with Crippen LogP contribution in [-0.2, 0) is 14.3 Å². The number of hydrogen-bond donors (Lipinski definition) is 1. The fraction of sp³-hybridized carbons (Fsp3) is 0.412. The highest BCUT2D eigenvalue weighted by Gasteiger charge is 2.33. The van der Waals surface area contributed by atoms with Gasteiger partial charge in [0.05, 0.1) is 11.7 Å². The van der Waals surface area contributed by atoms with Crippen molar-refractivity contribution in [3.05, 3.63) is 45.6 Å². The van der Waals surface area contributed by atoms with Crippen LogP contribution in [0.1, 0.15) is 45.1 Å². The molecule has 4 nitrogen and oxygen atoms in total. The van der Waals surface area contributed by atoms with Gasteiger partial charge in [-0.15, -0.1) is 0 Å². The first-order valence-electron chi connectivity index (χ1n) is 7.39. The summed E-state index contributed by atoms with van der Waals surface area (Å²) in [6.45, 7) is 5.58. The fourth-order valence-corrected chi connectivity index (χ4v) is 2.75. The molecule has 0 aliphatic carbocycles. The van der Waals surface area contributed by atoms with Gasteiger partial charge in [0, 0.05) is 22.5 Å². The molecule has 1 amide bonds. The normalized spacial score (nSPS) is 19.6. The molecule has 0 saturated heterocycles. The molecular formula is C17H20BrNO3. The summed E-state index contributed by atoms with van der Waals surface area (Å²) in [5, 5.41) is 2.74. The quantitative estimate of drug-likeness (QED) is 0.828. The maximum absolute atomic E-state index is 12.5. The fourth-order valence-electron chi connectivity index (χ4n) is 2.48. The van der Waals surface area contributed by atoms with E-state index < -0.39 is 0 Å². The number of carbonyl (C=O) groups excluding carboxylic acids is 2. The van der Waals surface area contributed by atoms with Crippen molar-refractivity contribution in [3.63, 3.8) is 0 Å². The van der Waals surface area contributed by atoms with Crippen molar-refractivity contribution < 1.29 is 14.3 Å². The summed E-state index contributed by atoms with van der Waals surface area (Å²) in [6, 6.07) is 7.68. The summed E-state index contributed by atoms with van der Waals surface area (Å²) >= 11 is 3.40. The number of nitrogens with one attached hydrogen (secondary N) is 1. The third kappa shape index (κ3) is 3.77. The Kier molecular flexibility index (Phi) is 5.40. The summed E-state index contributed by atoms with van der Waals surface area (Å²) in [7, 11) is 0. The molecule has 5 heteroatoms. The maximum atomic E-state index is 12.5. The number of amides is 1. The Morgan fingerprint density at radius 3 is 2.64 bits per heavy atom. The molecule has 0 bridgehead atoms. The predicted molar refractivity (Wildman–Crippen MR) is 88.2 cm³/mol. The Bertz CT molecular complexity index is 607. The molecule has 1 heterocycles. The molecule has 2 rings (SSSR count). The lowest BCUT2D eigenvalue weighted by molar-refractivity contribution is -0.144. The van der Waals surface area contributed by atoms with Crippen LogP contribution in [0.5, 0.6) is 0 Å². The van der Waals surface area contributed by atoms with E-state index in [0.717, 1.165) is 16.5 Å². The third-order valence-electron chi connectivity index (χ3n) is 3.84. The number of benzene rings is 1. The van der Waals surface area contributed by atoms with Crippen LogP contribution in [0.4, 0.5) is 0 Å². The molecule has 0 saturated carbocycles. The van der Waals surface area contributed by atoms with Gasteiger partial charge in [-0.2, -0.15) is 0 Å². The third-order valence-corrected chi connectivity index (χ3v) is 4.37. The minimum absolute atomic E-state index is 0.0782. The first kappa shape index (κ1) is 16.7. The van der Waals surface area contributed by atoms with Gasteiger partial charge in [-0.25, -0.2) is 4.79 Å².